The number of carbonyl (C=O) groups excluding carboxylic acids is 2. The molecule has 1 fully saturated rings. The molecule has 0 spiro atoms. The minimum Gasteiger partial charge on any atom is -0.488 e. The highest BCUT2D eigenvalue weighted by Gasteiger charge is 2.36. The standard InChI is InChI=1S/C28H27N3O5S/c1-3-29(4-2)23-15-14-21(25(17-23)36-19-20-10-6-5-7-11-20)16-26-27(32)30(28(33)37-26)18-22-12-8-9-13-24(22)31(34)35/h5-17H,3-4,18-19H2,1-2H3/b26-16-. The summed E-state index contributed by atoms with van der Waals surface area (Å²) in [7, 11) is 0. The van der Waals surface area contributed by atoms with Crippen molar-refractivity contribution in [1.82, 2.24) is 4.90 Å². The second-order valence-corrected chi connectivity index (χ2v) is 9.32. The molecule has 0 bridgehead atoms. The molecule has 0 saturated carbocycles. The molecule has 8 nitrogen and oxygen atoms in total. The maximum atomic E-state index is 13.2. The van der Waals surface area contributed by atoms with Crippen molar-refractivity contribution < 1.29 is 19.2 Å². The van der Waals surface area contributed by atoms with Crippen LogP contribution in [0.2, 0.25) is 0 Å². The molecule has 3 aromatic rings. The number of nitrogens with zero attached hydrogens (tertiary/aromatic N) is 3. The Bertz CT molecular complexity index is 1340. The quantitative estimate of drug-likeness (QED) is 0.178. The number of nitro benzene ring substituents is 1. The van der Waals surface area contributed by atoms with Gasteiger partial charge in [-0.05, 0) is 49.4 Å². The van der Waals surface area contributed by atoms with Gasteiger partial charge in [-0.15, -0.1) is 0 Å². The maximum absolute atomic E-state index is 13.2. The van der Waals surface area contributed by atoms with Crippen LogP contribution in [0.4, 0.5) is 16.2 Å². The second kappa shape index (κ2) is 11.7. The van der Waals surface area contributed by atoms with E-state index in [4.69, 9.17) is 4.74 Å². The van der Waals surface area contributed by atoms with E-state index in [2.05, 4.69) is 18.7 Å². The topological polar surface area (TPSA) is 93.0 Å². The molecular formula is C28H27N3O5S. The minimum atomic E-state index is -0.516. The predicted molar refractivity (Wildman–Crippen MR) is 145 cm³/mol. The number of nitro groups is 1. The lowest BCUT2D eigenvalue weighted by Crippen LogP contribution is -2.27. The molecule has 4 rings (SSSR count). The molecule has 0 atom stereocenters. The van der Waals surface area contributed by atoms with Crippen LogP contribution in [0, 0.1) is 10.1 Å². The fraction of sp³-hybridized carbons (Fsp3) is 0.214. The average Bonchev–Trinajstić information content (AvgIpc) is 3.17. The van der Waals surface area contributed by atoms with Gasteiger partial charge in [0.25, 0.3) is 16.8 Å². The fourth-order valence-electron chi connectivity index (χ4n) is 4.06. The molecule has 190 valence electrons. The van der Waals surface area contributed by atoms with Gasteiger partial charge in [0.05, 0.1) is 16.4 Å². The Balaban J connectivity index is 1.62. The number of thioether (sulfide) groups is 1. The van der Waals surface area contributed by atoms with Crippen molar-refractivity contribution in [2.24, 2.45) is 0 Å². The summed E-state index contributed by atoms with van der Waals surface area (Å²) in [6.45, 7) is 6.00. The van der Waals surface area contributed by atoms with Crippen LogP contribution >= 0.6 is 11.8 Å². The lowest BCUT2D eigenvalue weighted by atomic mass is 10.1. The first-order chi connectivity index (χ1) is 17.9. The van der Waals surface area contributed by atoms with Gasteiger partial charge >= 0.3 is 0 Å². The van der Waals surface area contributed by atoms with Crippen LogP contribution < -0.4 is 9.64 Å². The van der Waals surface area contributed by atoms with E-state index >= 15 is 0 Å². The molecule has 1 heterocycles. The van der Waals surface area contributed by atoms with E-state index in [0.717, 1.165) is 41.0 Å². The smallest absolute Gasteiger partial charge is 0.293 e. The third-order valence-corrected chi connectivity index (χ3v) is 6.95. The SMILES string of the molecule is CCN(CC)c1ccc(/C=C2\SC(=O)N(Cc3ccccc3[N+](=O)[O-])C2=O)c(OCc2ccccc2)c1. The number of imide groups is 1. The largest absolute Gasteiger partial charge is 0.488 e. The van der Waals surface area contributed by atoms with Gasteiger partial charge in [0, 0.05) is 42.0 Å². The number of hydrogen-bond donors (Lipinski definition) is 0. The minimum absolute atomic E-state index is 0.130. The summed E-state index contributed by atoms with van der Waals surface area (Å²) in [4.78, 5) is 40.2. The Labute approximate surface area is 219 Å². The molecule has 0 radical (unpaired) electrons. The van der Waals surface area contributed by atoms with E-state index in [1.165, 1.54) is 6.07 Å². The van der Waals surface area contributed by atoms with Gasteiger partial charge < -0.3 is 9.64 Å². The number of rotatable bonds is 10. The Kier molecular flexibility index (Phi) is 8.25. The zero-order valence-corrected chi connectivity index (χ0v) is 21.4. The molecule has 0 unspecified atom stereocenters. The first kappa shape index (κ1) is 26.0. The van der Waals surface area contributed by atoms with E-state index in [1.54, 1.807) is 24.3 Å². The van der Waals surface area contributed by atoms with Gasteiger partial charge in [-0.25, -0.2) is 0 Å². The van der Waals surface area contributed by atoms with Crippen molar-refractivity contribution in [2.45, 2.75) is 27.0 Å². The van der Waals surface area contributed by atoms with E-state index in [0.29, 0.717) is 23.5 Å². The number of benzene rings is 3. The van der Waals surface area contributed by atoms with Crippen LogP contribution in [0.25, 0.3) is 6.08 Å². The molecule has 3 aromatic carbocycles. The van der Waals surface area contributed by atoms with E-state index in [9.17, 15) is 19.7 Å². The zero-order chi connectivity index (χ0) is 26.4. The summed E-state index contributed by atoms with van der Waals surface area (Å²) in [5.41, 5.74) is 2.84. The fourth-order valence-corrected chi connectivity index (χ4v) is 4.89. The van der Waals surface area contributed by atoms with Crippen LogP contribution in [0.5, 0.6) is 5.75 Å². The van der Waals surface area contributed by atoms with Gasteiger partial charge in [-0.1, -0.05) is 48.5 Å². The van der Waals surface area contributed by atoms with E-state index in [1.807, 2.05) is 48.5 Å². The Morgan fingerprint density at radius 2 is 1.70 bits per heavy atom. The first-order valence-corrected chi connectivity index (χ1v) is 12.8. The number of ether oxygens (including phenoxy) is 1. The van der Waals surface area contributed by atoms with Crippen LogP contribution in [0.3, 0.4) is 0 Å². The third-order valence-electron chi connectivity index (χ3n) is 6.04. The van der Waals surface area contributed by atoms with Crippen molar-refractivity contribution in [3.05, 3.63) is 105 Å². The number of hydrogen-bond acceptors (Lipinski definition) is 7. The predicted octanol–water partition coefficient (Wildman–Crippen LogP) is 6.26. The highest BCUT2D eigenvalue weighted by molar-refractivity contribution is 8.18. The monoisotopic (exact) mass is 517 g/mol. The van der Waals surface area contributed by atoms with Gasteiger partial charge in [0.15, 0.2) is 0 Å². The van der Waals surface area contributed by atoms with Crippen LogP contribution in [-0.4, -0.2) is 34.1 Å². The van der Waals surface area contributed by atoms with Crippen LogP contribution in [-0.2, 0) is 17.9 Å². The van der Waals surface area contributed by atoms with Crippen LogP contribution in [0.1, 0.15) is 30.5 Å². The number of para-hydroxylation sites is 1. The molecule has 1 aliphatic rings. The summed E-state index contributed by atoms with van der Waals surface area (Å²) in [5, 5.41) is 10.9. The molecule has 0 N–H and O–H groups in total. The molecule has 0 aromatic heterocycles. The summed E-state index contributed by atoms with van der Waals surface area (Å²) >= 11 is 0.816. The number of carbonyl (C=O) groups is 2. The molecule has 0 aliphatic carbocycles. The Morgan fingerprint density at radius 3 is 2.41 bits per heavy atom. The lowest BCUT2D eigenvalue weighted by Gasteiger charge is -2.22. The Morgan fingerprint density at radius 1 is 1.00 bits per heavy atom. The summed E-state index contributed by atoms with van der Waals surface area (Å²) in [6.07, 6.45) is 1.65. The van der Waals surface area contributed by atoms with Crippen molar-refractivity contribution in [3.63, 3.8) is 0 Å². The molecular weight excluding hydrogens is 490 g/mol. The van der Waals surface area contributed by atoms with E-state index in [-0.39, 0.29) is 17.1 Å². The summed E-state index contributed by atoms with van der Waals surface area (Å²) < 4.78 is 6.17. The normalized spacial score (nSPS) is 14.3. The van der Waals surface area contributed by atoms with Gasteiger partial charge in [-0.3, -0.25) is 24.6 Å². The molecule has 1 aliphatic heterocycles. The Hall–Kier alpha value is -4.11. The second-order valence-electron chi connectivity index (χ2n) is 8.32. The zero-order valence-electron chi connectivity index (χ0n) is 20.6. The van der Waals surface area contributed by atoms with Crippen molar-refractivity contribution >= 4 is 40.4 Å². The van der Waals surface area contributed by atoms with Gasteiger partial charge in [0.1, 0.15) is 12.4 Å². The highest BCUT2D eigenvalue weighted by Crippen LogP contribution is 2.37. The van der Waals surface area contributed by atoms with Crippen LogP contribution in [0.15, 0.2) is 77.7 Å². The van der Waals surface area contributed by atoms with Gasteiger partial charge in [-0.2, -0.15) is 0 Å². The maximum Gasteiger partial charge on any atom is 0.293 e. The van der Waals surface area contributed by atoms with Gasteiger partial charge in [0.2, 0.25) is 0 Å². The third kappa shape index (κ3) is 6.00. The summed E-state index contributed by atoms with van der Waals surface area (Å²) in [5.74, 6) is 0.105. The van der Waals surface area contributed by atoms with Crippen molar-refractivity contribution in [1.29, 1.82) is 0 Å². The molecule has 37 heavy (non-hydrogen) atoms. The van der Waals surface area contributed by atoms with Crippen molar-refractivity contribution in [3.8, 4) is 5.75 Å². The molecule has 2 amide bonds. The highest BCUT2D eigenvalue weighted by atomic mass is 32.2. The lowest BCUT2D eigenvalue weighted by molar-refractivity contribution is -0.385. The van der Waals surface area contributed by atoms with Crippen molar-refractivity contribution in [2.75, 3.05) is 18.0 Å². The average molecular weight is 518 g/mol. The summed E-state index contributed by atoms with van der Waals surface area (Å²) in [6, 6.07) is 21.7. The van der Waals surface area contributed by atoms with E-state index < -0.39 is 16.1 Å². The number of anilines is 1. The number of amides is 2. The first-order valence-electron chi connectivity index (χ1n) is 11.9. The molecule has 1 saturated heterocycles. The molecule has 9 heteroatoms.